The van der Waals surface area contributed by atoms with Crippen molar-refractivity contribution in [3.63, 3.8) is 0 Å². The highest BCUT2D eigenvalue weighted by atomic mass is 16.3. The van der Waals surface area contributed by atoms with Crippen LogP contribution >= 0.6 is 0 Å². The number of aliphatic hydroxyl groups is 1. The number of carbonyl (C=O) groups excluding carboxylic acids is 1. The molecule has 0 aromatic carbocycles. The molecule has 2 unspecified atom stereocenters. The van der Waals surface area contributed by atoms with E-state index in [4.69, 9.17) is 0 Å². The zero-order chi connectivity index (χ0) is 15.4. The fourth-order valence-corrected chi connectivity index (χ4v) is 3.14. The van der Waals surface area contributed by atoms with E-state index in [0.29, 0.717) is 0 Å². The summed E-state index contributed by atoms with van der Waals surface area (Å²) in [6.07, 6.45) is 10.8. The van der Waals surface area contributed by atoms with Crippen LogP contribution in [0, 0.1) is 11.3 Å². The first-order valence-corrected chi connectivity index (χ1v) is 8.76. The van der Waals surface area contributed by atoms with Gasteiger partial charge in [0.15, 0.2) is 0 Å². The molecule has 0 aromatic rings. The Kier molecular flexibility index (Phi) is 11.1. The molecular weight excluding hydrogens is 248 g/mol. The molecular formula is C18H36O2. The fraction of sp³-hybridized carbons (Fsp3) is 0.944. The minimum atomic E-state index is -0.500. The van der Waals surface area contributed by atoms with E-state index in [1.165, 1.54) is 0 Å². The average molecular weight is 284 g/mol. The molecule has 0 heterocycles. The summed E-state index contributed by atoms with van der Waals surface area (Å²) in [5.74, 6) is 0.272. The zero-order valence-electron chi connectivity index (χ0n) is 14.2. The Morgan fingerprint density at radius 1 is 0.950 bits per heavy atom. The van der Waals surface area contributed by atoms with Gasteiger partial charge in [0.2, 0.25) is 0 Å². The molecule has 0 rings (SSSR count). The van der Waals surface area contributed by atoms with Crippen molar-refractivity contribution in [2.24, 2.45) is 11.3 Å². The smallest absolute Gasteiger partial charge is 0.128 e. The molecule has 0 bridgehead atoms. The number of aldehydes is 1. The molecule has 2 nitrogen and oxygen atoms in total. The number of hydrogen-bond donors (Lipinski definition) is 1. The predicted octanol–water partition coefficient (Wildman–Crippen LogP) is 5.13. The van der Waals surface area contributed by atoms with Gasteiger partial charge in [0.05, 0.1) is 11.5 Å². The number of hydrogen-bond acceptors (Lipinski definition) is 2. The molecule has 20 heavy (non-hydrogen) atoms. The molecule has 120 valence electrons. The van der Waals surface area contributed by atoms with Gasteiger partial charge in [0.25, 0.3) is 0 Å². The molecule has 0 aliphatic rings. The Morgan fingerprint density at radius 3 is 1.80 bits per heavy atom. The predicted molar refractivity (Wildman–Crippen MR) is 86.9 cm³/mol. The number of unbranched alkanes of at least 4 members (excludes halogenated alkanes) is 3. The first-order valence-electron chi connectivity index (χ1n) is 8.76. The Bertz CT molecular complexity index is 230. The van der Waals surface area contributed by atoms with E-state index in [0.717, 1.165) is 70.5 Å². The summed E-state index contributed by atoms with van der Waals surface area (Å²) >= 11 is 0. The summed E-state index contributed by atoms with van der Waals surface area (Å²) in [6, 6.07) is 0. The van der Waals surface area contributed by atoms with Gasteiger partial charge in [-0.25, -0.2) is 0 Å². The van der Waals surface area contributed by atoms with E-state index in [-0.39, 0.29) is 5.92 Å². The maximum absolute atomic E-state index is 11.8. The molecule has 0 amide bonds. The molecule has 1 N–H and O–H groups in total. The molecule has 0 radical (unpaired) electrons. The van der Waals surface area contributed by atoms with Gasteiger partial charge >= 0.3 is 0 Å². The summed E-state index contributed by atoms with van der Waals surface area (Å²) in [7, 11) is 0. The lowest BCUT2D eigenvalue weighted by Gasteiger charge is -2.38. The van der Waals surface area contributed by atoms with Crippen molar-refractivity contribution in [2.75, 3.05) is 0 Å². The first-order chi connectivity index (χ1) is 9.61. The first kappa shape index (κ1) is 19.6. The molecule has 0 aliphatic heterocycles. The maximum Gasteiger partial charge on any atom is 0.128 e. The second-order valence-electron chi connectivity index (χ2n) is 6.31. The van der Waals surface area contributed by atoms with Gasteiger partial charge in [-0.15, -0.1) is 0 Å². The number of carbonyl (C=O) groups is 1. The highest BCUT2D eigenvalue weighted by Gasteiger charge is 2.40. The van der Waals surface area contributed by atoms with Gasteiger partial charge in [-0.2, -0.15) is 0 Å². The van der Waals surface area contributed by atoms with Crippen LogP contribution in [0.25, 0.3) is 0 Å². The van der Waals surface area contributed by atoms with Crippen molar-refractivity contribution in [1.82, 2.24) is 0 Å². The largest absolute Gasteiger partial charge is 0.392 e. The molecule has 2 atom stereocenters. The lowest BCUT2D eigenvalue weighted by Crippen LogP contribution is -2.42. The quantitative estimate of drug-likeness (QED) is 0.476. The van der Waals surface area contributed by atoms with Crippen molar-refractivity contribution < 1.29 is 9.90 Å². The Hall–Kier alpha value is -0.370. The third kappa shape index (κ3) is 5.95. The monoisotopic (exact) mass is 284 g/mol. The van der Waals surface area contributed by atoms with Crippen LogP contribution in [0.3, 0.4) is 0 Å². The normalized spacial score (nSPS) is 15.1. The van der Waals surface area contributed by atoms with Gasteiger partial charge < -0.3 is 9.90 Å². The summed E-state index contributed by atoms with van der Waals surface area (Å²) in [5, 5.41) is 10.9. The highest BCUT2D eigenvalue weighted by Crippen LogP contribution is 2.38. The fourth-order valence-electron chi connectivity index (χ4n) is 3.14. The topological polar surface area (TPSA) is 37.3 Å². The summed E-state index contributed by atoms with van der Waals surface area (Å²) in [5.41, 5.74) is -0.500. The Balaban J connectivity index is 4.97. The van der Waals surface area contributed by atoms with E-state index < -0.39 is 11.5 Å². The van der Waals surface area contributed by atoms with Gasteiger partial charge in [-0.1, -0.05) is 72.6 Å². The van der Waals surface area contributed by atoms with Crippen LogP contribution in [0.5, 0.6) is 0 Å². The third-order valence-corrected chi connectivity index (χ3v) is 4.71. The number of aliphatic hydroxyl groups excluding tert-OH is 1. The molecule has 0 aliphatic carbocycles. The van der Waals surface area contributed by atoms with Crippen LogP contribution in [-0.2, 0) is 4.79 Å². The third-order valence-electron chi connectivity index (χ3n) is 4.71. The molecule has 0 saturated heterocycles. The van der Waals surface area contributed by atoms with Crippen LogP contribution in [0.4, 0.5) is 0 Å². The minimum Gasteiger partial charge on any atom is -0.392 e. The van der Waals surface area contributed by atoms with Crippen molar-refractivity contribution in [2.45, 2.75) is 98.0 Å². The summed E-state index contributed by atoms with van der Waals surface area (Å²) in [4.78, 5) is 11.8. The second kappa shape index (κ2) is 11.3. The lowest BCUT2D eigenvalue weighted by atomic mass is 9.69. The van der Waals surface area contributed by atoms with Gasteiger partial charge in [-0.3, -0.25) is 0 Å². The van der Waals surface area contributed by atoms with Crippen molar-refractivity contribution in [1.29, 1.82) is 0 Å². The van der Waals surface area contributed by atoms with E-state index in [1.807, 2.05) is 0 Å². The van der Waals surface area contributed by atoms with E-state index >= 15 is 0 Å². The average Bonchev–Trinajstić information content (AvgIpc) is 2.48. The van der Waals surface area contributed by atoms with Crippen LogP contribution in [0.1, 0.15) is 91.9 Å². The molecule has 2 heteroatoms. The zero-order valence-corrected chi connectivity index (χ0v) is 14.2. The minimum absolute atomic E-state index is 0.272. The van der Waals surface area contributed by atoms with Gasteiger partial charge in [0, 0.05) is 0 Å². The second-order valence-corrected chi connectivity index (χ2v) is 6.31. The van der Waals surface area contributed by atoms with Crippen molar-refractivity contribution >= 4 is 6.29 Å². The summed E-state index contributed by atoms with van der Waals surface area (Å²) < 4.78 is 0. The summed E-state index contributed by atoms with van der Waals surface area (Å²) in [6.45, 7) is 8.62. The van der Waals surface area contributed by atoms with Crippen LogP contribution in [-0.4, -0.2) is 17.5 Å². The van der Waals surface area contributed by atoms with Gasteiger partial charge in [0.1, 0.15) is 6.29 Å². The molecule has 0 aromatic heterocycles. The van der Waals surface area contributed by atoms with Crippen LogP contribution in [0.15, 0.2) is 0 Å². The van der Waals surface area contributed by atoms with Gasteiger partial charge in [-0.05, 0) is 25.2 Å². The number of rotatable bonds is 13. The van der Waals surface area contributed by atoms with E-state index in [2.05, 4.69) is 27.7 Å². The van der Waals surface area contributed by atoms with E-state index in [1.54, 1.807) is 0 Å². The Labute approximate surface area is 126 Å². The van der Waals surface area contributed by atoms with Crippen molar-refractivity contribution in [3.05, 3.63) is 0 Å². The van der Waals surface area contributed by atoms with Crippen LogP contribution < -0.4 is 0 Å². The lowest BCUT2D eigenvalue weighted by molar-refractivity contribution is -0.128. The Morgan fingerprint density at radius 2 is 1.45 bits per heavy atom. The van der Waals surface area contributed by atoms with Crippen LogP contribution in [0.2, 0.25) is 0 Å². The maximum atomic E-state index is 11.8. The molecule has 0 saturated carbocycles. The highest BCUT2D eigenvalue weighted by molar-refractivity contribution is 5.60. The SMILES string of the molecule is CCCCC(CC)C(O)C(C=O)(CCCC)CCCC. The molecule has 0 fully saturated rings. The standard InChI is InChI=1S/C18H36O2/c1-5-9-12-16(8-4)17(20)18(15-19,13-10-6-2)14-11-7-3/h15-17,20H,5-14H2,1-4H3. The molecule has 0 spiro atoms. The van der Waals surface area contributed by atoms with E-state index in [9.17, 15) is 9.90 Å². The van der Waals surface area contributed by atoms with Crippen molar-refractivity contribution in [3.8, 4) is 0 Å².